The molecule has 1 heterocycles. The first-order valence-corrected chi connectivity index (χ1v) is 6.62. The number of hydrogen-bond acceptors (Lipinski definition) is 2. The first-order valence-electron chi connectivity index (χ1n) is 6.62. The summed E-state index contributed by atoms with van der Waals surface area (Å²) in [5.74, 6) is 0.618. The molecule has 2 unspecified atom stereocenters. The van der Waals surface area contributed by atoms with E-state index in [0.29, 0.717) is 5.92 Å². The Morgan fingerprint density at radius 3 is 2.81 bits per heavy atom. The molecule has 1 saturated heterocycles. The summed E-state index contributed by atoms with van der Waals surface area (Å²) in [6, 6.07) is 0. The summed E-state index contributed by atoms with van der Waals surface area (Å²) in [7, 11) is 0. The van der Waals surface area contributed by atoms with E-state index >= 15 is 0 Å². The van der Waals surface area contributed by atoms with Crippen LogP contribution in [-0.2, 0) is 4.74 Å². The number of ether oxygens (including phenoxy) is 1. The lowest BCUT2D eigenvalue weighted by molar-refractivity contribution is 0.0466. The van der Waals surface area contributed by atoms with Crippen LogP contribution in [0.4, 0.5) is 4.79 Å². The van der Waals surface area contributed by atoms with E-state index in [0.717, 1.165) is 38.8 Å². The lowest BCUT2D eigenvalue weighted by atomic mass is 10.0. The van der Waals surface area contributed by atoms with Crippen molar-refractivity contribution in [3.8, 4) is 0 Å². The molecule has 0 aromatic heterocycles. The van der Waals surface area contributed by atoms with Gasteiger partial charge in [-0.2, -0.15) is 0 Å². The number of carbonyl (C=O) groups is 1. The minimum absolute atomic E-state index is 0.105. The SMILES string of the molecule is CCCC(CC)OC(=O)N1CCCC(C)C1. The number of likely N-dealkylation sites (tertiary alicyclic amines) is 1. The number of piperidine rings is 1. The van der Waals surface area contributed by atoms with Gasteiger partial charge in [0.25, 0.3) is 0 Å². The van der Waals surface area contributed by atoms with E-state index in [2.05, 4.69) is 20.8 Å². The van der Waals surface area contributed by atoms with Gasteiger partial charge in [-0.25, -0.2) is 4.79 Å². The normalized spacial score (nSPS) is 22.9. The van der Waals surface area contributed by atoms with E-state index in [-0.39, 0.29) is 12.2 Å². The van der Waals surface area contributed by atoms with Crippen LogP contribution < -0.4 is 0 Å². The van der Waals surface area contributed by atoms with Gasteiger partial charge in [-0.3, -0.25) is 0 Å². The summed E-state index contributed by atoms with van der Waals surface area (Å²) >= 11 is 0. The Morgan fingerprint density at radius 2 is 2.25 bits per heavy atom. The highest BCUT2D eigenvalue weighted by Crippen LogP contribution is 2.17. The zero-order valence-corrected chi connectivity index (χ0v) is 10.9. The highest BCUT2D eigenvalue weighted by molar-refractivity contribution is 5.67. The molecule has 0 spiro atoms. The fourth-order valence-electron chi connectivity index (χ4n) is 2.24. The molecule has 0 aliphatic carbocycles. The molecule has 1 aliphatic rings. The third kappa shape index (κ3) is 4.03. The molecule has 0 radical (unpaired) electrons. The second-order valence-corrected chi connectivity index (χ2v) is 4.90. The van der Waals surface area contributed by atoms with Crippen LogP contribution in [0.2, 0.25) is 0 Å². The van der Waals surface area contributed by atoms with E-state index < -0.39 is 0 Å². The van der Waals surface area contributed by atoms with Crippen molar-refractivity contribution < 1.29 is 9.53 Å². The topological polar surface area (TPSA) is 29.5 Å². The number of rotatable bonds is 4. The Kier molecular flexibility index (Phi) is 5.64. The fraction of sp³-hybridized carbons (Fsp3) is 0.923. The third-order valence-electron chi connectivity index (χ3n) is 3.25. The third-order valence-corrected chi connectivity index (χ3v) is 3.25. The van der Waals surface area contributed by atoms with Crippen LogP contribution in [-0.4, -0.2) is 30.2 Å². The maximum absolute atomic E-state index is 11.9. The molecule has 0 saturated carbocycles. The van der Waals surface area contributed by atoms with Crippen LogP contribution in [0.5, 0.6) is 0 Å². The van der Waals surface area contributed by atoms with Crippen molar-refractivity contribution in [1.82, 2.24) is 4.90 Å². The number of nitrogens with zero attached hydrogens (tertiary/aromatic N) is 1. The van der Waals surface area contributed by atoms with Gasteiger partial charge < -0.3 is 9.64 Å². The largest absolute Gasteiger partial charge is 0.446 e. The van der Waals surface area contributed by atoms with Gasteiger partial charge in [0.05, 0.1) is 0 Å². The van der Waals surface area contributed by atoms with Crippen molar-refractivity contribution in [2.24, 2.45) is 5.92 Å². The second kappa shape index (κ2) is 6.77. The molecule has 3 heteroatoms. The van der Waals surface area contributed by atoms with Gasteiger partial charge in [0.15, 0.2) is 0 Å². The zero-order valence-electron chi connectivity index (χ0n) is 10.9. The molecular weight excluding hydrogens is 202 g/mol. The van der Waals surface area contributed by atoms with Crippen molar-refractivity contribution in [2.75, 3.05) is 13.1 Å². The summed E-state index contributed by atoms with van der Waals surface area (Å²) in [5.41, 5.74) is 0. The first kappa shape index (κ1) is 13.3. The van der Waals surface area contributed by atoms with Gasteiger partial charge in [0.1, 0.15) is 6.10 Å². The van der Waals surface area contributed by atoms with Crippen molar-refractivity contribution in [3.63, 3.8) is 0 Å². The average molecular weight is 227 g/mol. The number of carbonyl (C=O) groups excluding carboxylic acids is 1. The van der Waals surface area contributed by atoms with Gasteiger partial charge in [-0.05, 0) is 31.6 Å². The van der Waals surface area contributed by atoms with E-state index in [1.807, 2.05) is 4.90 Å². The molecule has 1 fully saturated rings. The Bertz CT molecular complexity index is 218. The lowest BCUT2D eigenvalue weighted by Gasteiger charge is -2.31. The molecule has 1 rings (SSSR count). The van der Waals surface area contributed by atoms with Crippen LogP contribution in [0.1, 0.15) is 52.9 Å². The Morgan fingerprint density at radius 1 is 1.50 bits per heavy atom. The van der Waals surface area contributed by atoms with Crippen LogP contribution in [0.15, 0.2) is 0 Å². The van der Waals surface area contributed by atoms with E-state index in [1.165, 1.54) is 6.42 Å². The van der Waals surface area contributed by atoms with Crippen molar-refractivity contribution in [1.29, 1.82) is 0 Å². The summed E-state index contributed by atoms with van der Waals surface area (Å²) in [6.07, 6.45) is 5.31. The Labute approximate surface area is 99.1 Å². The van der Waals surface area contributed by atoms with Crippen molar-refractivity contribution in [3.05, 3.63) is 0 Å². The summed E-state index contributed by atoms with van der Waals surface area (Å²) in [4.78, 5) is 13.8. The molecule has 0 bridgehead atoms. The Hall–Kier alpha value is -0.730. The molecule has 94 valence electrons. The predicted octanol–water partition coefficient (Wildman–Crippen LogP) is 3.43. The molecular formula is C13H25NO2. The highest BCUT2D eigenvalue weighted by atomic mass is 16.6. The quantitative estimate of drug-likeness (QED) is 0.736. The molecule has 16 heavy (non-hydrogen) atoms. The van der Waals surface area contributed by atoms with Crippen LogP contribution in [0.25, 0.3) is 0 Å². The number of amides is 1. The van der Waals surface area contributed by atoms with Crippen molar-refractivity contribution in [2.45, 2.75) is 59.0 Å². The molecule has 0 N–H and O–H groups in total. The molecule has 1 amide bonds. The summed E-state index contributed by atoms with van der Waals surface area (Å²) in [6.45, 7) is 8.13. The van der Waals surface area contributed by atoms with Crippen LogP contribution >= 0.6 is 0 Å². The predicted molar refractivity (Wildman–Crippen MR) is 65.4 cm³/mol. The monoisotopic (exact) mass is 227 g/mol. The van der Waals surface area contributed by atoms with Gasteiger partial charge in [-0.1, -0.05) is 27.2 Å². The standard InChI is InChI=1S/C13H25NO2/c1-4-7-12(5-2)16-13(15)14-9-6-8-11(3)10-14/h11-12H,4-10H2,1-3H3. The lowest BCUT2D eigenvalue weighted by Crippen LogP contribution is -2.40. The van der Waals surface area contributed by atoms with E-state index in [9.17, 15) is 4.79 Å². The number of hydrogen-bond donors (Lipinski definition) is 0. The van der Waals surface area contributed by atoms with Crippen molar-refractivity contribution >= 4 is 6.09 Å². The molecule has 2 atom stereocenters. The maximum Gasteiger partial charge on any atom is 0.410 e. The summed E-state index contributed by atoms with van der Waals surface area (Å²) in [5, 5.41) is 0. The second-order valence-electron chi connectivity index (χ2n) is 4.90. The van der Waals surface area contributed by atoms with Gasteiger partial charge >= 0.3 is 6.09 Å². The molecule has 0 aromatic rings. The first-order chi connectivity index (χ1) is 7.67. The Balaban J connectivity index is 2.37. The average Bonchev–Trinajstić information content (AvgIpc) is 2.28. The van der Waals surface area contributed by atoms with E-state index in [4.69, 9.17) is 4.74 Å². The molecule has 3 nitrogen and oxygen atoms in total. The van der Waals surface area contributed by atoms with Gasteiger partial charge in [0, 0.05) is 13.1 Å². The molecule has 1 aliphatic heterocycles. The highest BCUT2D eigenvalue weighted by Gasteiger charge is 2.23. The minimum atomic E-state index is -0.105. The minimum Gasteiger partial charge on any atom is -0.446 e. The molecule has 0 aromatic carbocycles. The smallest absolute Gasteiger partial charge is 0.410 e. The zero-order chi connectivity index (χ0) is 12.0. The fourth-order valence-corrected chi connectivity index (χ4v) is 2.24. The van der Waals surface area contributed by atoms with Crippen LogP contribution in [0.3, 0.4) is 0 Å². The summed E-state index contributed by atoms with van der Waals surface area (Å²) < 4.78 is 5.51. The van der Waals surface area contributed by atoms with Crippen LogP contribution in [0, 0.1) is 5.92 Å². The van der Waals surface area contributed by atoms with Gasteiger partial charge in [0.2, 0.25) is 0 Å². The maximum atomic E-state index is 11.9. The van der Waals surface area contributed by atoms with Gasteiger partial charge in [-0.15, -0.1) is 0 Å². The van der Waals surface area contributed by atoms with E-state index in [1.54, 1.807) is 0 Å².